The summed E-state index contributed by atoms with van der Waals surface area (Å²) in [5.41, 5.74) is 1.94. The lowest BCUT2D eigenvalue weighted by Gasteiger charge is -2.18. The van der Waals surface area contributed by atoms with Gasteiger partial charge in [0.15, 0.2) is 5.96 Å². The van der Waals surface area contributed by atoms with Gasteiger partial charge in [0.25, 0.3) is 0 Å². The highest BCUT2D eigenvalue weighted by Crippen LogP contribution is 2.12. The minimum absolute atomic E-state index is 0.0770. The Balaban J connectivity index is 1.97. The van der Waals surface area contributed by atoms with E-state index in [1.807, 2.05) is 43.3 Å². The van der Waals surface area contributed by atoms with Gasteiger partial charge < -0.3 is 10.6 Å². The number of nitrogens with zero attached hydrogens (tertiary/aromatic N) is 2. The molecule has 0 fully saturated rings. The minimum atomic E-state index is -0.400. The van der Waals surface area contributed by atoms with Crippen LogP contribution < -0.4 is 10.6 Å². The van der Waals surface area contributed by atoms with Crippen LogP contribution in [0.3, 0.4) is 0 Å². The summed E-state index contributed by atoms with van der Waals surface area (Å²) in [5, 5.41) is 15.1. The zero-order valence-corrected chi connectivity index (χ0v) is 13.2. The van der Waals surface area contributed by atoms with Crippen LogP contribution in [-0.4, -0.2) is 13.0 Å². The molecule has 1 unspecified atom stereocenters. The van der Waals surface area contributed by atoms with Crippen molar-refractivity contribution in [2.75, 3.05) is 7.05 Å². The second kappa shape index (κ2) is 7.95. The standard InChI is InChI=1S/C18H19FN4/c1-13(15-6-4-3-5-7-15)23-18(21-2)22-12-16-9-8-14(11-20)10-17(16)19/h3-10,13H,12H2,1-2H3,(H2,21,22,23). The van der Waals surface area contributed by atoms with E-state index in [1.54, 1.807) is 19.2 Å². The SMILES string of the molecule is CN=C(NCc1ccc(C#N)cc1F)NC(C)c1ccccc1. The highest BCUT2D eigenvalue weighted by atomic mass is 19.1. The van der Waals surface area contributed by atoms with E-state index in [-0.39, 0.29) is 6.04 Å². The number of benzene rings is 2. The van der Waals surface area contributed by atoms with Crippen molar-refractivity contribution in [1.82, 2.24) is 10.6 Å². The maximum atomic E-state index is 13.9. The molecule has 23 heavy (non-hydrogen) atoms. The zero-order valence-electron chi connectivity index (χ0n) is 13.2. The first-order valence-corrected chi connectivity index (χ1v) is 7.34. The Bertz CT molecular complexity index is 720. The minimum Gasteiger partial charge on any atom is -0.352 e. The fraction of sp³-hybridized carbons (Fsp3) is 0.222. The molecule has 0 bridgehead atoms. The number of hydrogen-bond acceptors (Lipinski definition) is 2. The highest BCUT2D eigenvalue weighted by Gasteiger charge is 2.08. The van der Waals surface area contributed by atoms with Crippen molar-refractivity contribution in [3.63, 3.8) is 0 Å². The van der Waals surface area contributed by atoms with Gasteiger partial charge in [0.05, 0.1) is 17.7 Å². The topological polar surface area (TPSA) is 60.2 Å². The second-order valence-electron chi connectivity index (χ2n) is 5.12. The van der Waals surface area contributed by atoms with Crippen LogP contribution in [0.5, 0.6) is 0 Å². The normalized spacial score (nSPS) is 12.3. The van der Waals surface area contributed by atoms with Crippen LogP contribution in [-0.2, 0) is 6.54 Å². The number of aliphatic imine (C=N–C) groups is 1. The second-order valence-corrected chi connectivity index (χ2v) is 5.12. The van der Waals surface area contributed by atoms with E-state index in [4.69, 9.17) is 5.26 Å². The number of rotatable bonds is 4. The molecule has 0 aliphatic carbocycles. The molecule has 0 aliphatic rings. The smallest absolute Gasteiger partial charge is 0.191 e. The van der Waals surface area contributed by atoms with Crippen LogP contribution in [0.4, 0.5) is 4.39 Å². The van der Waals surface area contributed by atoms with E-state index in [0.717, 1.165) is 5.56 Å². The predicted molar refractivity (Wildman–Crippen MR) is 89.3 cm³/mol. The average Bonchev–Trinajstić information content (AvgIpc) is 2.59. The van der Waals surface area contributed by atoms with E-state index >= 15 is 0 Å². The largest absolute Gasteiger partial charge is 0.352 e. The molecule has 0 spiro atoms. The van der Waals surface area contributed by atoms with E-state index in [2.05, 4.69) is 15.6 Å². The molecule has 0 aliphatic heterocycles. The molecule has 2 aromatic rings. The van der Waals surface area contributed by atoms with Gasteiger partial charge in [-0.1, -0.05) is 36.4 Å². The number of halogens is 1. The Morgan fingerprint density at radius 1 is 1.26 bits per heavy atom. The van der Waals surface area contributed by atoms with E-state index < -0.39 is 5.82 Å². The molecule has 2 N–H and O–H groups in total. The Hall–Kier alpha value is -2.87. The van der Waals surface area contributed by atoms with Crippen molar-refractivity contribution >= 4 is 5.96 Å². The van der Waals surface area contributed by atoms with Crippen molar-refractivity contribution in [2.24, 2.45) is 4.99 Å². The van der Waals surface area contributed by atoms with Gasteiger partial charge in [-0.15, -0.1) is 0 Å². The summed E-state index contributed by atoms with van der Waals surface area (Å²) in [7, 11) is 1.67. The third-order valence-corrected chi connectivity index (χ3v) is 3.50. The van der Waals surface area contributed by atoms with Crippen molar-refractivity contribution in [2.45, 2.75) is 19.5 Å². The van der Waals surface area contributed by atoms with Gasteiger partial charge >= 0.3 is 0 Å². The summed E-state index contributed by atoms with van der Waals surface area (Å²) in [6, 6.07) is 16.4. The van der Waals surface area contributed by atoms with Gasteiger partial charge in [-0.25, -0.2) is 4.39 Å². The van der Waals surface area contributed by atoms with Crippen LogP contribution >= 0.6 is 0 Å². The van der Waals surface area contributed by atoms with E-state index in [1.165, 1.54) is 6.07 Å². The Labute approximate surface area is 135 Å². The number of nitriles is 1. The van der Waals surface area contributed by atoms with Gasteiger partial charge in [-0.05, 0) is 24.6 Å². The van der Waals surface area contributed by atoms with E-state index in [9.17, 15) is 4.39 Å². The summed E-state index contributed by atoms with van der Waals surface area (Å²) in [6.45, 7) is 2.32. The third kappa shape index (κ3) is 4.55. The Morgan fingerprint density at radius 2 is 2.00 bits per heavy atom. The number of nitrogens with one attached hydrogen (secondary N) is 2. The maximum Gasteiger partial charge on any atom is 0.191 e. The molecule has 2 aromatic carbocycles. The number of hydrogen-bond donors (Lipinski definition) is 2. The van der Waals surface area contributed by atoms with Crippen molar-refractivity contribution in [1.29, 1.82) is 5.26 Å². The molecule has 118 valence electrons. The first-order valence-electron chi connectivity index (χ1n) is 7.34. The lowest BCUT2D eigenvalue weighted by atomic mass is 10.1. The molecule has 0 amide bonds. The van der Waals surface area contributed by atoms with Gasteiger partial charge in [0.1, 0.15) is 5.82 Å². The average molecular weight is 310 g/mol. The molecular formula is C18H19FN4. The summed E-state index contributed by atoms with van der Waals surface area (Å²) in [6.07, 6.45) is 0. The Kier molecular flexibility index (Phi) is 5.70. The van der Waals surface area contributed by atoms with Gasteiger partial charge in [0.2, 0.25) is 0 Å². The first kappa shape index (κ1) is 16.5. The number of guanidine groups is 1. The fourth-order valence-corrected chi connectivity index (χ4v) is 2.16. The van der Waals surface area contributed by atoms with Crippen LogP contribution in [0.1, 0.15) is 29.7 Å². The van der Waals surface area contributed by atoms with Gasteiger partial charge in [0, 0.05) is 19.2 Å². The summed E-state index contributed by atoms with van der Waals surface area (Å²) < 4.78 is 13.9. The molecule has 5 heteroatoms. The van der Waals surface area contributed by atoms with Crippen molar-refractivity contribution in [3.05, 3.63) is 71.0 Å². The molecule has 0 radical (unpaired) electrons. The molecule has 4 nitrogen and oxygen atoms in total. The molecule has 0 saturated heterocycles. The van der Waals surface area contributed by atoms with Gasteiger partial charge in [-0.2, -0.15) is 5.26 Å². The predicted octanol–water partition coefficient (Wildman–Crippen LogP) is 3.12. The van der Waals surface area contributed by atoms with Crippen LogP contribution in [0, 0.1) is 17.1 Å². The van der Waals surface area contributed by atoms with Gasteiger partial charge in [-0.3, -0.25) is 4.99 Å². The van der Waals surface area contributed by atoms with Crippen molar-refractivity contribution < 1.29 is 4.39 Å². The fourth-order valence-electron chi connectivity index (χ4n) is 2.16. The van der Waals surface area contributed by atoms with Crippen LogP contribution in [0.25, 0.3) is 0 Å². The van der Waals surface area contributed by atoms with E-state index in [0.29, 0.717) is 23.6 Å². The first-order chi connectivity index (χ1) is 11.1. The molecular weight excluding hydrogens is 291 g/mol. The molecule has 0 aromatic heterocycles. The summed E-state index contributed by atoms with van der Waals surface area (Å²) in [4.78, 5) is 4.15. The summed E-state index contributed by atoms with van der Waals surface area (Å²) >= 11 is 0. The summed E-state index contributed by atoms with van der Waals surface area (Å²) in [5.74, 6) is 0.188. The third-order valence-electron chi connectivity index (χ3n) is 3.50. The molecule has 0 heterocycles. The monoisotopic (exact) mass is 310 g/mol. The van der Waals surface area contributed by atoms with Crippen LogP contribution in [0.15, 0.2) is 53.5 Å². The molecule has 1 atom stereocenters. The lowest BCUT2D eigenvalue weighted by molar-refractivity contribution is 0.602. The molecule has 2 rings (SSSR count). The molecule has 0 saturated carbocycles. The maximum absolute atomic E-state index is 13.9. The quantitative estimate of drug-likeness (QED) is 0.674. The zero-order chi connectivity index (χ0) is 16.7. The lowest BCUT2D eigenvalue weighted by Crippen LogP contribution is -2.38. The Morgan fingerprint density at radius 3 is 2.61 bits per heavy atom. The van der Waals surface area contributed by atoms with Crippen molar-refractivity contribution in [3.8, 4) is 6.07 Å². The highest BCUT2D eigenvalue weighted by molar-refractivity contribution is 5.80. The van der Waals surface area contributed by atoms with Crippen LogP contribution in [0.2, 0.25) is 0 Å².